The molecule has 0 bridgehead atoms. The molecular weight excluding hydrogens is 462 g/mol. The quantitative estimate of drug-likeness (QED) is 0.277. The van der Waals surface area contributed by atoms with Crippen LogP contribution in [0, 0.1) is 13.8 Å². The van der Waals surface area contributed by atoms with Crippen LogP contribution in [0.25, 0.3) is 10.2 Å². The van der Waals surface area contributed by atoms with E-state index < -0.39 is 5.25 Å². The molecule has 5 rings (SSSR count). The summed E-state index contributed by atoms with van der Waals surface area (Å²) >= 11 is 2.96. The third kappa shape index (κ3) is 4.30. The summed E-state index contributed by atoms with van der Waals surface area (Å²) < 4.78 is 1.61. The monoisotopic (exact) mass is 489 g/mol. The van der Waals surface area contributed by atoms with Crippen LogP contribution in [0.1, 0.15) is 45.2 Å². The lowest BCUT2D eigenvalue weighted by molar-refractivity contribution is -0.115. The summed E-state index contributed by atoms with van der Waals surface area (Å²) in [5.74, 6) is -0.135. The van der Waals surface area contributed by atoms with E-state index in [0.717, 1.165) is 58.3 Å². The van der Waals surface area contributed by atoms with Gasteiger partial charge in [0.05, 0.1) is 5.39 Å². The zero-order valence-electron chi connectivity index (χ0n) is 19.6. The maximum atomic E-state index is 13.6. The summed E-state index contributed by atoms with van der Waals surface area (Å²) in [5.41, 5.74) is 4.93. The van der Waals surface area contributed by atoms with Gasteiger partial charge in [-0.05, 0) is 67.9 Å². The van der Waals surface area contributed by atoms with Gasteiger partial charge in [-0.1, -0.05) is 54.2 Å². The average Bonchev–Trinajstić information content (AvgIpc) is 3.21. The first-order chi connectivity index (χ1) is 16.4. The van der Waals surface area contributed by atoms with Crippen molar-refractivity contribution in [1.82, 2.24) is 9.55 Å². The van der Waals surface area contributed by atoms with E-state index in [1.54, 1.807) is 23.0 Å². The van der Waals surface area contributed by atoms with Crippen molar-refractivity contribution < 1.29 is 4.79 Å². The summed E-state index contributed by atoms with van der Waals surface area (Å²) in [7, 11) is 1.76. The second kappa shape index (κ2) is 9.39. The molecule has 174 valence electrons. The van der Waals surface area contributed by atoms with E-state index in [4.69, 9.17) is 4.98 Å². The lowest BCUT2D eigenvalue weighted by Gasteiger charge is -2.19. The van der Waals surface area contributed by atoms with Crippen LogP contribution in [0.4, 0.5) is 5.69 Å². The van der Waals surface area contributed by atoms with E-state index in [0.29, 0.717) is 5.16 Å². The van der Waals surface area contributed by atoms with E-state index >= 15 is 0 Å². The Morgan fingerprint density at radius 3 is 2.68 bits per heavy atom. The highest BCUT2D eigenvalue weighted by Crippen LogP contribution is 2.38. The van der Waals surface area contributed by atoms with Crippen molar-refractivity contribution >= 4 is 44.9 Å². The first-order valence-electron chi connectivity index (χ1n) is 11.5. The average molecular weight is 490 g/mol. The number of rotatable bonds is 5. The van der Waals surface area contributed by atoms with Gasteiger partial charge in [0, 0.05) is 17.6 Å². The molecule has 2 aromatic carbocycles. The molecule has 1 amide bonds. The number of hydrogen-bond acceptors (Lipinski definition) is 5. The molecule has 5 nitrogen and oxygen atoms in total. The molecule has 0 spiro atoms. The molecule has 1 aliphatic rings. The molecule has 2 aromatic heterocycles. The third-order valence-corrected chi connectivity index (χ3v) is 8.85. The van der Waals surface area contributed by atoms with Crippen LogP contribution in [0.3, 0.4) is 0 Å². The fraction of sp³-hybridized carbons (Fsp3) is 0.296. The third-order valence-electron chi connectivity index (χ3n) is 6.37. The minimum atomic E-state index is -0.550. The predicted molar refractivity (Wildman–Crippen MR) is 141 cm³/mol. The standard InChI is InChI=1S/C27H27N3O2S2/c1-16-13-14-17(2)20(15-16)28-24(31)23(18-9-5-4-6-10-18)34-27-29-25-22(26(32)30(27)3)19-11-7-8-12-21(19)33-25/h4-6,9-10,13-15,23H,7-8,11-12H2,1-3H3,(H,28,31)/t23-/m1/s1. The molecular formula is C27H27N3O2S2. The van der Waals surface area contributed by atoms with Crippen molar-refractivity contribution in [3.63, 3.8) is 0 Å². The Balaban J connectivity index is 1.54. The highest BCUT2D eigenvalue weighted by atomic mass is 32.2. The second-order valence-corrected chi connectivity index (χ2v) is 11.0. The molecule has 0 unspecified atom stereocenters. The number of nitrogens with one attached hydrogen (secondary N) is 1. The van der Waals surface area contributed by atoms with Gasteiger partial charge in [-0.2, -0.15) is 0 Å². The molecule has 4 aromatic rings. The number of aromatic nitrogens is 2. The van der Waals surface area contributed by atoms with Crippen molar-refractivity contribution in [1.29, 1.82) is 0 Å². The molecule has 34 heavy (non-hydrogen) atoms. The largest absolute Gasteiger partial charge is 0.325 e. The summed E-state index contributed by atoms with van der Waals surface area (Å²) in [6, 6.07) is 15.7. The summed E-state index contributed by atoms with van der Waals surface area (Å²) in [5, 5.41) is 3.88. The van der Waals surface area contributed by atoms with Gasteiger partial charge in [-0.15, -0.1) is 11.3 Å². The van der Waals surface area contributed by atoms with Crippen LogP contribution in [0.2, 0.25) is 0 Å². The van der Waals surface area contributed by atoms with Gasteiger partial charge in [0.25, 0.3) is 5.56 Å². The van der Waals surface area contributed by atoms with Gasteiger partial charge in [0.15, 0.2) is 5.16 Å². The number of aryl methyl sites for hydroxylation is 4. The molecule has 0 saturated carbocycles. The van der Waals surface area contributed by atoms with Gasteiger partial charge in [-0.25, -0.2) is 4.98 Å². The SMILES string of the molecule is Cc1ccc(C)c(NC(=O)[C@H](Sc2nc3sc4c(c3c(=O)n2C)CCCC4)c2ccccc2)c1. The first-order valence-corrected chi connectivity index (χ1v) is 13.2. The number of anilines is 1. The van der Waals surface area contributed by atoms with Crippen molar-refractivity contribution in [2.45, 2.75) is 49.9 Å². The van der Waals surface area contributed by atoms with E-state index in [-0.39, 0.29) is 11.5 Å². The van der Waals surface area contributed by atoms with Crippen LogP contribution in [-0.4, -0.2) is 15.5 Å². The Morgan fingerprint density at radius 2 is 1.88 bits per heavy atom. The first kappa shape index (κ1) is 22.9. The molecule has 0 aliphatic heterocycles. The lowest BCUT2D eigenvalue weighted by atomic mass is 9.97. The topological polar surface area (TPSA) is 64.0 Å². The van der Waals surface area contributed by atoms with Crippen LogP contribution in [-0.2, 0) is 24.7 Å². The number of fused-ring (bicyclic) bond motifs is 3. The van der Waals surface area contributed by atoms with Crippen LogP contribution in [0.15, 0.2) is 58.5 Å². The minimum Gasteiger partial charge on any atom is -0.325 e. The van der Waals surface area contributed by atoms with Gasteiger partial charge in [0.1, 0.15) is 10.1 Å². The summed E-state index contributed by atoms with van der Waals surface area (Å²) in [6.45, 7) is 3.99. The molecule has 0 saturated heterocycles. The number of carbonyl (C=O) groups excluding carboxylic acids is 1. The Hall–Kier alpha value is -2.90. The molecule has 1 atom stereocenters. The van der Waals surface area contributed by atoms with E-state index in [9.17, 15) is 9.59 Å². The molecule has 0 radical (unpaired) electrons. The van der Waals surface area contributed by atoms with Crippen molar-refractivity contribution in [3.8, 4) is 0 Å². The summed E-state index contributed by atoms with van der Waals surface area (Å²) in [4.78, 5) is 33.9. The fourth-order valence-corrected chi connectivity index (χ4v) is 6.81. The molecule has 7 heteroatoms. The molecule has 1 N–H and O–H groups in total. The lowest BCUT2D eigenvalue weighted by Crippen LogP contribution is -2.23. The highest BCUT2D eigenvalue weighted by molar-refractivity contribution is 8.00. The Bertz CT molecular complexity index is 1440. The predicted octanol–water partition coefficient (Wildman–Crippen LogP) is 5.96. The fourth-order valence-electron chi connectivity index (χ4n) is 4.45. The number of benzene rings is 2. The smallest absolute Gasteiger partial charge is 0.262 e. The summed E-state index contributed by atoms with van der Waals surface area (Å²) in [6.07, 6.45) is 4.25. The van der Waals surface area contributed by atoms with Crippen molar-refractivity contribution in [2.24, 2.45) is 7.05 Å². The van der Waals surface area contributed by atoms with Gasteiger partial charge in [-0.3, -0.25) is 14.2 Å². The zero-order valence-corrected chi connectivity index (χ0v) is 21.2. The highest BCUT2D eigenvalue weighted by Gasteiger charge is 2.27. The number of carbonyl (C=O) groups is 1. The van der Waals surface area contributed by atoms with Crippen molar-refractivity contribution in [2.75, 3.05) is 5.32 Å². The maximum Gasteiger partial charge on any atom is 0.262 e. The van der Waals surface area contributed by atoms with Crippen LogP contribution in [0.5, 0.6) is 0 Å². The number of nitrogens with zero attached hydrogens (tertiary/aromatic N) is 2. The van der Waals surface area contributed by atoms with E-state index in [2.05, 4.69) is 5.32 Å². The Labute approximate surface area is 207 Å². The van der Waals surface area contributed by atoms with E-state index in [1.165, 1.54) is 22.2 Å². The van der Waals surface area contributed by atoms with Gasteiger partial charge in [0.2, 0.25) is 5.91 Å². The van der Waals surface area contributed by atoms with Gasteiger partial charge >= 0.3 is 0 Å². The second-order valence-electron chi connectivity index (χ2n) is 8.87. The molecule has 0 fully saturated rings. The number of hydrogen-bond donors (Lipinski definition) is 1. The minimum absolute atomic E-state index is 0.0198. The van der Waals surface area contributed by atoms with Crippen LogP contribution >= 0.6 is 23.1 Å². The van der Waals surface area contributed by atoms with Crippen LogP contribution < -0.4 is 10.9 Å². The Kier molecular flexibility index (Phi) is 6.32. The van der Waals surface area contributed by atoms with Crippen molar-refractivity contribution in [3.05, 3.63) is 86.0 Å². The van der Waals surface area contributed by atoms with E-state index in [1.807, 2.05) is 62.4 Å². The zero-order chi connectivity index (χ0) is 23.8. The number of thioether (sulfide) groups is 1. The Morgan fingerprint density at radius 1 is 1.12 bits per heavy atom. The number of thiophene rings is 1. The normalized spacial score (nSPS) is 14.1. The maximum absolute atomic E-state index is 13.6. The molecule has 2 heterocycles. The number of amides is 1. The van der Waals surface area contributed by atoms with Gasteiger partial charge < -0.3 is 5.32 Å². The molecule has 1 aliphatic carbocycles.